The Morgan fingerprint density at radius 2 is 2.06 bits per heavy atom. The van der Waals surface area contributed by atoms with Crippen LogP contribution in [0.2, 0.25) is 0 Å². The van der Waals surface area contributed by atoms with Gasteiger partial charge < -0.3 is 0 Å². The van der Waals surface area contributed by atoms with Crippen molar-refractivity contribution in [1.82, 2.24) is 0 Å². The van der Waals surface area contributed by atoms with Crippen LogP contribution in [0.1, 0.15) is 24.5 Å². The molecule has 0 saturated carbocycles. The number of rotatable bonds is 1. The molecule has 0 aromatic heterocycles. The number of carbonyl (C=O) groups is 1. The molecule has 2 aliphatic rings. The van der Waals surface area contributed by atoms with Gasteiger partial charge in [-0.05, 0) is 36.5 Å². The molecule has 1 aliphatic carbocycles. The Morgan fingerprint density at radius 1 is 1.24 bits per heavy atom. The number of allylic oxidation sites excluding steroid dienone is 2. The van der Waals surface area contributed by atoms with Crippen molar-refractivity contribution < 1.29 is 4.79 Å². The van der Waals surface area contributed by atoms with E-state index in [1.54, 1.807) is 6.92 Å². The zero-order valence-electron chi connectivity index (χ0n) is 9.82. The van der Waals surface area contributed by atoms with Crippen molar-refractivity contribution in [2.24, 2.45) is 0 Å². The molecule has 1 heterocycles. The first-order chi connectivity index (χ1) is 8.25. The van der Waals surface area contributed by atoms with Crippen LogP contribution in [0.15, 0.2) is 41.5 Å². The van der Waals surface area contributed by atoms with Gasteiger partial charge in [0.2, 0.25) is 0 Å². The Kier molecular flexibility index (Phi) is 2.67. The monoisotopic (exact) mass is 242 g/mol. The van der Waals surface area contributed by atoms with Gasteiger partial charge in [0.1, 0.15) is 0 Å². The lowest BCUT2D eigenvalue weighted by Crippen LogP contribution is -2.10. The molecule has 0 saturated heterocycles. The van der Waals surface area contributed by atoms with Crippen LogP contribution in [0.25, 0.3) is 4.91 Å². The number of thioether (sulfide) groups is 1. The van der Waals surface area contributed by atoms with Crippen LogP contribution >= 0.6 is 11.8 Å². The van der Waals surface area contributed by atoms with Crippen molar-refractivity contribution in [2.45, 2.75) is 19.8 Å². The normalized spacial score (nSPS) is 18.3. The van der Waals surface area contributed by atoms with Gasteiger partial charge in [0.25, 0.3) is 0 Å². The summed E-state index contributed by atoms with van der Waals surface area (Å²) in [7, 11) is 0. The number of Topliss-reactive ketones (excluding diaryl/α,β-unsaturated/α-hetero) is 1. The van der Waals surface area contributed by atoms with Gasteiger partial charge in [-0.25, -0.2) is 0 Å². The summed E-state index contributed by atoms with van der Waals surface area (Å²) in [4.78, 5) is 12.8. The van der Waals surface area contributed by atoms with Gasteiger partial charge in [-0.15, -0.1) is 11.8 Å². The molecule has 0 bridgehead atoms. The number of carbonyl (C=O) groups excluding carboxylic acids is 1. The number of aryl methyl sites for hydroxylation is 1. The predicted molar refractivity (Wildman–Crippen MR) is 72.9 cm³/mol. The van der Waals surface area contributed by atoms with Crippen LogP contribution in [0.5, 0.6) is 0 Å². The molecule has 1 aliphatic heterocycles. The number of hydrogen-bond donors (Lipinski definition) is 0. The molecule has 0 radical (unpaired) electrons. The van der Waals surface area contributed by atoms with Gasteiger partial charge in [-0.2, -0.15) is 0 Å². The minimum atomic E-state index is 0.211. The number of ketones is 1. The molecule has 1 aromatic carbocycles. The SMILES string of the molecule is CC(=O)C1=CC2=C(SC1)c1ccccc1CC2. The lowest BCUT2D eigenvalue weighted by Gasteiger charge is -2.25. The Labute approximate surface area is 106 Å². The third-order valence-corrected chi connectivity index (χ3v) is 4.62. The van der Waals surface area contributed by atoms with E-state index >= 15 is 0 Å². The summed E-state index contributed by atoms with van der Waals surface area (Å²) < 4.78 is 0. The van der Waals surface area contributed by atoms with Crippen molar-refractivity contribution in [3.63, 3.8) is 0 Å². The lowest BCUT2D eigenvalue weighted by molar-refractivity contribution is -0.113. The van der Waals surface area contributed by atoms with E-state index in [0.29, 0.717) is 0 Å². The van der Waals surface area contributed by atoms with Gasteiger partial charge in [-0.1, -0.05) is 30.3 Å². The van der Waals surface area contributed by atoms with E-state index in [9.17, 15) is 4.79 Å². The maximum absolute atomic E-state index is 11.4. The van der Waals surface area contributed by atoms with Gasteiger partial charge in [0.15, 0.2) is 5.78 Å². The van der Waals surface area contributed by atoms with Crippen LogP contribution in [-0.2, 0) is 11.2 Å². The topological polar surface area (TPSA) is 17.1 Å². The minimum absolute atomic E-state index is 0.211. The number of hydrogen-bond acceptors (Lipinski definition) is 2. The second kappa shape index (κ2) is 4.19. The van der Waals surface area contributed by atoms with Crippen molar-refractivity contribution in [3.8, 4) is 0 Å². The van der Waals surface area contributed by atoms with Crippen molar-refractivity contribution >= 4 is 22.5 Å². The largest absolute Gasteiger partial charge is 0.295 e. The molecule has 0 spiro atoms. The van der Waals surface area contributed by atoms with E-state index in [2.05, 4.69) is 30.3 Å². The zero-order valence-corrected chi connectivity index (χ0v) is 10.6. The van der Waals surface area contributed by atoms with Crippen molar-refractivity contribution in [1.29, 1.82) is 0 Å². The van der Waals surface area contributed by atoms with Gasteiger partial charge >= 0.3 is 0 Å². The summed E-state index contributed by atoms with van der Waals surface area (Å²) in [5.41, 5.74) is 5.13. The molecule has 1 nitrogen and oxygen atoms in total. The molecule has 0 fully saturated rings. The molecule has 1 aromatic rings. The van der Waals surface area contributed by atoms with Gasteiger partial charge in [-0.3, -0.25) is 4.79 Å². The van der Waals surface area contributed by atoms with E-state index in [4.69, 9.17) is 0 Å². The average molecular weight is 242 g/mol. The van der Waals surface area contributed by atoms with Crippen molar-refractivity contribution in [2.75, 3.05) is 5.75 Å². The lowest BCUT2D eigenvalue weighted by atomic mass is 9.90. The van der Waals surface area contributed by atoms with Gasteiger partial charge in [0, 0.05) is 16.2 Å². The number of benzene rings is 1. The highest BCUT2D eigenvalue weighted by molar-refractivity contribution is 8.08. The Bertz CT molecular complexity index is 552. The second-order valence-electron chi connectivity index (χ2n) is 4.53. The maximum atomic E-state index is 11.4. The zero-order chi connectivity index (χ0) is 11.8. The number of fused-ring (bicyclic) bond motifs is 2. The fraction of sp³-hybridized carbons (Fsp3) is 0.267. The molecule has 86 valence electrons. The Hall–Kier alpha value is -1.28. The molecular formula is C15H14OS. The van der Waals surface area contributed by atoms with E-state index < -0.39 is 0 Å². The molecule has 17 heavy (non-hydrogen) atoms. The Balaban J connectivity index is 2.09. The van der Waals surface area contributed by atoms with E-state index in [1.165, 1.54) is 21.6 Å². The molecule has 2 heteroatoms. The summed E-state index contributed by atoms with van der Waals surface area (Å²) in [6.07, 6.45) is 4.28. The summed E-state index contributed by atoms with van der Waals surface area (Å²) in [6.45, 7) is 1.66. The van der Waals surface area contributed by atoms with Crippen LogP contribution in [0.4, 0.5) is 0 Å². The highest BCUT2D eigenvalue weighted by Gasteiger charge is 2.22. The highest BCUT2D eigenvalue weighted by Crippen LogP contribution is 2.43. The standard InChI is InChI=1S/C15H14OS/c1-10(16)13-8-12-7-6-11-4-2-3-5-14(11)15(12)17-9-13/h2-5,8H,6-7,9H2,1H3. The Morgan fingerprint density at radius 3 is 2.88 bits per heavy atom. The third-order valence-electron chi connectivity index (χ3n) is 3.39. The van der Waals surface area contributed by atoms with E-state index in [0.717, 1.165) is 24.2 Å². The summed E-state index contributed by atoms with van der Waals surface area (Å²) >= 11 is 1.82. The molecular weight excluding hydrogens is 228 g/mol. The second-order valence-corrected chi connectivity index (χ2v) is 5.51. The maximum Gasteiger partial charge on any atom is 0.156 e. The molecule has 3 rings (SSSR count). The van der Waals surface area contributed by atoms with Gasteiger partial charge in [0.05, 0.1) is 0 Å². The molecule has 0 N–H and O–H groups in total. The highest BCUT2D eigenvalue weighted by atomic mass is 32.2. The first-order valence-corrected chi connectivity index (χ1v) is 6.90. The van der Waals surface area contributed by atoms with Crippen LogP contribution in [0, 0.1) is 0 Å². The van der Waals surface area contributed by atoms with Crippen molar-refractivity contribution in [3.05, 3.63) is 52.6 Å². The molecule has 0 atom stereocenters. The van der Waals surface area contributed by atoms with Crippen LogP contribution < -0.4 is 0 Å². The third kappa shape index (κ3) is 1.87. The summed E-state index contributed by atoms with van der Waals surface area (Å²) in [6, 6.07) is 8.61. The summed E-state index contributed by atoms with van der Waals surface area (Å²) in [5, 5.41) is 0. The first-order valence-electron chi connectivity index (χ1n) is 5.91. The van der Waals surface area contributed by atoms with Crippen LogP contribution in [-0.4, -0.2) is 11.5 Å². The molecule has 0 unspecified atom stereocenters. The minimum Gasteiger partial charge on any atom is -0.295 e. The van der Waals surface area contributed by atoms with E-state index in [-0.39, 0.29) is 5.78 Å². The first kappa shape index (κ1) is 10.8. The fourth-order valence-corrected chi connectivity index (χ4v) is 3.72. The van der Waals surface area contributed by atoms with Crippen LogP contribution in [0.3, 0.4) is 0 Å². The van der Waals surface area contributed by atoms with E-state index in [1.807, 2.05) is 11.8 Å². The quantitative estimate of drug-likeness (QED) is 0.748. The predicted octanol–water partition coefficient (Wildman–Crippen LogP) is 3.61. The molecule has 0 amide bonds. The summed E-state index contributed by atoms with van der Waals surface area (Å²) in [5.74, 6) is 1.03. The fourth-order valence-electron chi connectivity index (χ4n) is 2.43. The smallest absolute Gasteiger partial charge is 0.156 e. The average Bonchev–Trinajstić information content (AvgIpc) is 2.38.